The minimum absolute atomic E-state index is 0.737. The molecule has 1 aromatic heterocycles. The lowest BCUT2D eigenvalue weighted by molar-refractivity contribution is 0.810. The molecule has 1 aromatic carbocycles. The predicted octanol–water partition coefficient (Wildman–Crippen LogP) is 3.42. The van der Waals surface area contributed by atoms with Crippen LogP contribution in [0.15, 0.2) is 18.2 Å². The van der Waals surface area contributed by atoms with Gasteiger partial charge in [0, 0.05) is 12.2 Å². The molecule has 0 saturated carbocycles. The average molecular weight is 278 g/mol. The van der Waals surface area contributed by atoms with Crippen LogP contribution in [-0.4, -0.2) is 16.8 Å². The molecule has 0 aliphatic rings. The topological polar surface area (TPSA) is 29.9 Å². The number of nitrogens with one attached hydrogen (secondary N) is 1. The number of rotatable bonds is 4. The van der Waals surface area contributed by atoms with Crippen LogP contribution in [0.2, 0.25) is 5.02 Å². The van der Waals surface area contributed by atoms with Crippen molar-refractivity contribution in [3.8, 4) is 5.69 Å². The molecule has 4 heteroatoms. The highest BCUT2D eigenvalue weighted by Gasteiger charge is 2.13. The summed E-state index contributed by atoms with van der Waals surface area (Å²) in [4.78, 5) is 0. The third-order valence-electron chi connectivity index (χ3n) is 3.42. The van der Waals surface area contributed by atoms with Gasteiger partial charge in [-0.2, -0.15) is 5.10 Å². The first-order valence-corrected chi connectivity index (χ1v) is 6.94. The molecule has 3 nitrogen and oxygen atoms in total. The quantitative estimate of drug-likeness (QED) is 0.928. The molecule has 2 aromatic rings. The summed E-state index contributed by atoms with van der Waals surface area (Å²) in [5.41, 5.74) is 5.67. The summed E-state index contributed by atoms with van der Waals surface area (Å²) in [7, 11) is 1.93. The van der Waals surface area contributed by atoms with E-state index in [1.54, 1.807) is 0 Å². The van der Waals surface area contributed by atoms with Crippen LogP contribution in [0.25, 0.3) is 5.69 Å². The zero-order valence-electron chi connectivity index (χ0n) is 11.9. The fraction of sp³-hybridized carbons (Fsp3) is 0.400. The van der Waals surface area contributed by atoms with Gasteiger partial charge in [-0.05, 0) is 50.6 Å². The highest BCUT2D eigenvalue weighted by molar-refractivity contribution is 6.32. The minimum atomic E-state index is 0.737. The molecule has 0 amide bonds. The Morgan fingerprint density at radius 2 is 2.05 bits per heavy atom. The highest BCUT2D eigenvalue weighted by Crippen LogP contribution is 2.25. The summed E-state index contributed by atoms with van der Waals surface area (Å²) < 4.78 is 1.94. The fourth-order valence-electron chi connectivity index (χ4n) is 2.46. The smallest absolute Gasteiger partial charge is 0.0835 e. The monoisotopic (exact) mass is 277 g/mol. The summed E-state index contributed by atoms with van der Waals surface area (Å²) in [6.07, 6.45) is 0.993. The first-order valence-electron chi connectivity index (χ1n) is 6.57. The van der Waals surface area contributed by atoms with Crippen molar-refractivity contribution in [2.24, 2.45) is 0 Å². The maximum Gasteiger partial charge on any atom is 0.0835 e. The van der Waals surface area contributed by atoms with Gasteiger partial charge in [0.05, 0.1) is 16.4 Å². The van der Waals surface area contributed by atoms with Crippen LogP contribution >= 0.6 is 11.6 Å². The van der Waals surface area contributed by atoms with Gasteiger partial charge >= 0.3 is 0 Å². The Balaban J connectivity index is 2.47. The van der Waals surface area contributed by atoms with Crippen molar-refractivity contribution < 1.29 is 0 Å². The molecule has 0 bridgehead atoms. The second kappa shape index (κ2) is 5.76. The van der Waals surface area contributed by atoms with Gasteiger partial charge in [-0.15, -0.1) is 0 Å². The standard InChI is InChI=1S/C15H20ClN3/c1-5-13-10(2)18-19(11(13)3)15-7-6-12(9-17-4)8-14(15)16/h6-8,17H,5,9H2,1-4H3. The molecule has 0 unspecified atom stereocenters. The number of benzene rings is 1. The van der Waals surface area contributed by atoms with E-state index in [4.69, 9.17) is 11.6 Å². The predicted molar refractivity (Wildman–Crippen MR) is 80.2 cm³/mol. The molecule has 1 N–H and O–H groups in total. The molecule has 0 spiro atoms. The second-order valence-electron chi connectivity index (χ2n) is 4.73. The summed E-state index contributed by atoms with van der Waals surface area (Å²) >= 11 is 6.39. The maximum absolute atomic E-state index is 6.39. The molecule has 0 atom stereocenters. The van der Waals surface area contributed by atoms with Gasteiger partial charge in [0.15, 0.2) is 0 Å². The van der Waals surface area contributed by atoms with Gasteiger partial charge in [-0.25, -0.2) is 4.68 Å². The number of aromatic nitrogens is 2. The molecular weight excluding hydrogens is 258 g/mol. The van der Waals surface area contributed by atoms with Crippen molar-refractivity contribution in [2.75, 3.05) is 7.05 Å². The summed E-state index contributed by atoms with van der Waals surface area (Å²) in [6.45, 7) is 7.11. The molecule has 102 valence electrons. The molecule has 0 radical (unpaired) electrons. The number of nitrogens with zero attached hydrogens (tertiary/aromatic N) is 2. The number of halogens is 1. The van der Waals surface area contributed by atoms with Crippen molar-refractivity contribution >= 4 is 11.6 Å². The van der Waals surface area contributed by atoms with E-state index in [0.717, 1.165) is 29.4 Å². The molecule has 1 heterocycles. The van der Waals surface area contributed by atoms with E-state index >= 15 is 0 Å². The average Bonchev–Trinajstić information content (AvgIpc) is 2.65. The number of aryl methyl sites for hydroxylation is 1. The van der Waals surface area contributed by atoms with E-state index in [2.05, 4.69) is 30.3 Å². The van der Waals surface area contributed by atoms with E-state index in [1.807, 2.05) is 30.8 Å². The third-order valence-corrected chi connectivity index (χ3v) is 3.72. The Labute approximate surface area is 119 Å². The SMILES string of the molecule is CCc1c(C)nn(-c2ccc(CNC)cc2Cl)c1C. The lowest BCUT2D eigenvalue weighted by atomic mass is 10.1. The molecule has 0 aliphatic heterocycles. The van der Waals surface area contributed by atoms with E-state index in [9.17, 15) is 0 Å². The summed E-state index contributed by atoms with van der Waals surface area (Å²) in [5.74, 6) is 0. The Bertz CT molecular complexity index is 587. The minimum Gasteiger partial charge on any atom is -0.316 e. The van der Waals surface area contributed by atoms with Crippen LogP contribution in [0.1, 0.15) is 29.4 Å². The first kappa shape index (κ1) is 14.1. The zero-order chi connectivity index (χ0) is 14.0. The van der Waals surface area contributed by atoms with Crippen molar-refractivity contribution in [3.63, 3.8) is 0 Å². The van der Waals surface area contributed by atoms with Crippen LogP contribution in [0.4, 0.5) is 0 Å². The second-order valence-corrected chi connectivity index (χ2v) is 5.14. The Hall–Kier alpha value is -1.32. The Kier molecular flexibility index (Phi) is 4.27. The van der Waals surface area contributed by atoms with Gasteiger partial charge < -0.3 is 5.32 Å². The zero-order valence-corrected chi connectivity index (χ0v) is 12.7. The molecule has 0 fully saturated rings. The Morgan fingerprint density at radius 1 is 1.32 bits per heavy atom. The third kappa shape index (κ3) is 2.67. The van der Waals surface area contributed by atoms with Crippen molar-refractivity contribution in [3.05, 3.63) is 45.7 Å². The van der Waals surface area contributed by atoms with E-state index in [-0.39, 0.29) is 0 Å². The molecular formula is C15H20ClN3. The molecule has 0 aliphatic carbocycles. The van der Waals surface area contributed by atoms with Crippen LogP contribution in [0.5, 0.6) is 0 Å². The molecule has 19 heavy (non-hydrogen) atoms. The van der Waals surface area contributed by atoms with Crippen LogP contribution in [0.3, 0.4) is 0 Å². The van der Waals surface area contributed by atoms with Gasteiger partial charge in [0.25, 0.3) is 0 Å². The van der Waals surface area contributed by atoms with E-state index < -0.39 is 0 Å². The maximum atomic E-state index is 6.39. The normalized spacial score (nSPS) is 11.0. The van der Waals surface area contributed by atoms with E-state index in [1.165, 1.54) is 16.8 Å². The van der Waals surface area contributed by atoms with Gasteiger partial charge in [0.1, 0.15) is 0 Å². The summed E-state index contributed by atoms with van der Waals surface area (Å²) in [5, 5.41) is 8.46. The highest BCUT2D eigenvalue weighted by atomic mass is 35.5. The number of hydrogen-bond donors (Lipinski definition) is 1. The number of hydrogen-bond acceptors (Lipinski definition) is 2. The largest absolute Gasteiger partial charge is 0.316 e. The van der Waals surface area contributed by atoms with Crippen molar-refractivity contribution in [1.82, 2.24) is 15.1 Å². The summed E-state index contributed by atoms with van der Waals surface area (Å²) in [6, 6.07) is 6.11. The van der Waals surface area contributed by atoms with Crippen LogP contribution in [0, 0.1) is 13.8 Å². The fourth-order valence-corrected chi connectivity index (χ4v) is 2.74. The van der Waals surface area contributed by atoms with Gasteiger partial charge in [-0.3, -0.25) is 0 Å². The lowest BCUT2D eigenvalue weighted by Gasteiger charge is -2.09. The van der Waals surface area contributed by atoms with Gasteiger partial charge in [0.2, 0.25) is 0 Å². The van der Waals surface area contributed by atoms with E-state index in [0.29, 0.717) is 0 Å². The lowest BCUT2D eigenvalue weighted by Crippen LogP contribution is -2.06. The first-order chi connectivity index (χ1) is 9.08. The van der Waals surface area contributed by atoms with Crippen LogP contribution in [-0.2, 0) is 13.0 Å². The van der Waals surface area contributed by atoms with Crippen molar-refractivity contribution in [2.45, 2.75) is 33.7 Å². The van der Waals surface area contributed by atoms with Crippen molar-refractivity contribution in [1.29, 1.82) is 0 Å². The molecule has 2 rings (SSSR count). The van der Waals surface area contributed by atoms with Crippen LogP contribution < -0.4 is 5.32 Å². The Morgan fingerprint density at radius 3 is 2.58 bits per heavy atom. The van der Waals surface area contributed by atoms with Gasteiger partial charge in [-0.1, -0.05) is 24.6 Å². The molecule has 0 saturated heterocycles.